The van der Waals surface area contributed by atoms with Crippen LogP contribution in [0.1, 0.15) is 45.6 Å². The van der Waals surface area contributed by atoms with Crippen molar-refractivity contribution in [1.29, 1.82) is 0 Å². The van der Waals surface area contributed by atoms with E-state index in [9.17, 15) is 9.90 Å². The van der Waals surface area contributed by atoms with E-state index >= 15 is 0 Å². The first-order valence-electron chi connectivity index (χ1n) is 10.3. The molecule has 30 heavy (non-hydrogen) atoms. The molecule has 2 aromatic heterocycles. The van der Waals surface area contributed by atoms with Crippen molar-refractivity contribution >= 4 is 5.91 Å². The number of carbonyl (C=O) groups is 1. The molecular formula is C24H28N2O4. The van der Waals surface area contributed by atoms with Gasteiger partial charge in [-0.2, -0.15) is 0 Å². The van der Waals surface area contributed by atoms with Gasteiger partial charge in [0.15, 0.2) is 0 Å². The Morgan fingerprint density at radius 1 is 1.20 bits per heavy atom. The highest BCUT2D eigenvalue weighted by Crippen LogP contribution is 2.27. The van der Waals surface area contributed by atoms with Crippen LogP contribution in [-0.4, -0.2) is 46.3 Å². The molecule has 1 aliphatic rings. The number of hydrogen-bond donors (Lipinski definition) is 1. The Kier molecular flexibility index (Phi) is 5.79. The summed E-state index contributed by atoms with van der Waals surface area (Å²) in [7, 11) is 0. The number of aliphatic hydroxyl groups excluding tert-OH is 1. The fourth-order valence-electron chi connectivity index (χ4n) is 4.27. The highest BCUT2D eigenvalue weighted by Gasteiger charge is 2.32. The number of aromatic nitrogens is 1. The molecule has 1 N–H and O–H groups in total. The Balaban J connectivity index is 1.60. The second-order valence-corrected chi connectivity index (χ2v) is 7.95. The highest BCUT2D eigenvalue weighted by atomic mass is 16.5. The molecule has 2 atom stereocenters. The number of morpholine rings is 1. The summed E-state index contributed by atoms with van der Waals surface area (Å²) in [6, 6.07) is 13.5. The Morgan fingerprint density at radius 2 is 2.03 bits per heavy atom. The lowest BCUT2D eigenvalue weighted by atomic mass is 10.0. The van der Waals surface area contributed by atoms with Gasteiger partial charge in [0, 0.05) is 30.0 Å². The molecule has 0 unspecified atom stereocenters. The number of rotatable bonds is 5. The first-order chi connectivity index (χ1) is 14.5. The zero-order valence-corrected chi connectivity index (χ0v) is 17.7. The molecule has 1 aliphatic heterocycles. The van der Waals surface area contributed by atoms with Gasteiger partial charge in [-0.3, -0.25) is 4.79 Å². The summed E-state index contributed by atoms with van der Waals surface area (Å²) < 4.78 is 13.1. The standard InChI is InChI=1S/C24H28N2O4/c1-16-6-4-7-19(12-16)26-17(2)13-21(18(26)3)24(28)25-9-11-29-15-20(25)14-22(27)23-8-5-10-30-23/h4-8,10,12-13,20,22,27H,9,11,14-15H2,1-3H3/t20-,22-/m1/s1. The van der Waals surface area contributed by atoms with Gasteiger partial charge in [0.1, 0.15) is 11.9 Å². The molecule has 0 saturated carbocycles. The van der Waals surface area contributed by atoms with E-state index in [4.69, 9.17) is 9.15 Å². The molecule has 4 rings (SSSR count). The molecule has 1 amide bonds. The average Bonchev–Trinajstić information content (AvgIpc) is 3.36. The Morgan fingerprint density at radius 3 is 2.77 bits per heavy atom. The van der Waals surface area contributed by atoms with Gasteiger partial charge in [-0.15, -0.1) is 0 Å². The number of hydrogen-bond acceptors (Lipinski definition) is 4. The Labute approximate surface area is 176 Å². The monoisotopic (exact) mass is 408 g/mol. The van der Waals surface area contributed by atoms with Gasteiger partial charge in [0.25, 0.3) is 5.91 Å². The van der Waals surface area contributed by atoms with E-state index in [1.54, 1.807) is 18.4 Å². The smallest absolute Gasteiger partial charge is 0.256 e. The Hall–Kier alpha value is -2.83. The topological polar surface area (TPSA) is 67.8 Å². The molecule has 6 heteroatoms. The number of ether oxygens (including phenoxy) is 1. The van der Waals surface area contributed by atoms with Crippen molar-refractivity contribution < 1.29 is 19.1 Å². The lowest BCUT2D eigenvalue weighted by Gasteiger charge is -2.36. The third kappa shape index (κ3) is 3.93. The number of amides is 1. The highest BCUT2D eigenvalue weighted by molar-refractivity contribution is 5.96. The van der Waals surface area contributed by atoms with Crippen LogP contribution in [0.5, 0.6) is 0 Å². The summed E-state index contributed by atoms with van der Waals surface area (Å²) in [4.78, 5) is 15.3. The van der Waals surface area contributed by atoms with Crippen molar-refractivity contribution in [2.24, 2.45) is 0 Å². The summed E-state index contributed by atoms with van der Waals surface area (Å²) in [5, 5.41) is 10.5. The predicted molar refractivity (Wildman–Crippen MR) is 114 cm³/mol. The molecule has 0 bridgehead atoms. The second kappa shape index (κ2) is 8.50. The van der Waals surface area contributed by atoms with Crippen molar-refractivity contribution in [3.05, 3.63) is 77.0 Å². The van der Waals surface area contributed by atoms with E-state index in [2.05, 4.69) is 29.7 Å². The molecule has 3 heterocycles. The number of furan rings is 1. The maximum atomic E-state index is 13.5. The number of carbonyl (C=O) groups excluding carboxylic acids is 1. The van der Waals surface area contributed by atoms with Crippen LogP contribution in [0.15, 0.2) is 53.1 Å². The number of aliphatic hydroxyl groups is 1. The number of nitrogens with zero attached hydrogens (tertiary/aromatic N) is 2. The van der Waals surface area contributed by atoms with Gasteiger partial charge >= 0.3 is 0 Å². The van der Waals surface area contributed by atoms with Crippen LogP contribution in [0.3, 0.4) is 0 Å². The first-order valence-corrected chi connectivity index (χ1v) is 10.3. The summed E-state index contributed by atoms with van der Waals surface area (Å²) >= 11 is 0. The second-order valence-electron chi connectivity index (χ2n) is 7.95. The quantitative estimate of drug-likeness (QED) is 0.694. The lowest BCUT2D eigenvalue weighted by molar-refractivity contribution is -0.0196. The fourth-order valence-corrected chi connectivity index (χ4v) is 4.27. The minimum absolute atomic E-state index is 0.0260. The summed E-state index contributed by atoms with van der Waals surface area (Å²) in [6.07, 6.45) is 1.14. The lowest BCUT2D eigenvalue weighted by Crippen LogP contribution is -2.49. The molecule has 1 fully saturated rings. The van der Waals surface area contributed by atoms with Crippen LogP contribution in [0.4, 0.5) is 0 Å². The van der Waals surface area contributed by atoms with Crippen LogP contribution in [0.2, 0.25) is 0 Å². The molecule has 6 nitrogen and oxygen atoms in total. The SMILES string of the molecule is Cc1cccc(-n2c(C)cc(C(=O)N3CCOC[C@H]3C[C@@H](O)c3ccco3)c2C)c1. The third-order valence-electron chi connectivity index (χ3n) is 5.78. The maximum Gasteiger partial charge on any atom is 0.256 e. The van der Waals surface area contributed by atoms with Crippen molar-refractivity contribution in [3.8, 4) is 5.69 Å². The van der Waals surface area contributed by atoms with Gasteiger partial charge in [0.05, 0.1) is 31.1 Å². The van der Waals surface area contributed by atoms with E-state index in [0.717, 1.165) is 17.1 Å². The summed E-state index contributed by atoms with van der Waals surface area (Å²) in [5.74, 6) is 0.479. The third-order valence-corrected chi connectivity index (χ3v) is 5.78. The molecule has 0 aliphatic carbocycles. The minimum Gasteiger partial charge on any atom is -0.467 e. The van der Waals surface area contributed by atoms with Crippen LogP contribution < -0.4 is 0 Å². The molecule has 158 valence electrons. The van der Waals surface area contributed by atoms with E-state index in [1.165, 1.54) is 5.56 Å². The van der Waals surface area contributed by atoms with E-state index in [-0.39, 0.29) is 11.9 Å². The van der Waals surface area contributed by atoms with Crippen LogP contribution in [-0.2, 0) is 4.74 Å². The molecule has 1 aromatic carbocycles. The van der Waals surface area contributed by atoms with Crippen molar-refractivity contribution in [2.75, 3.05) is 19.8 Å². The van der Waals surface area contributed by atoms with Crippen LogP contribution >= 0.6 is 0 Å². The van der Waals surface area contributed by atoms with Gasteiger partial charge in [-0.1, -0.05) is 12.1 Å². The maximum absolute atomic E-state index is 13.5. The normalized spacial score (nSPS) is 17.9. The molecular weight excluding hydrogens is 380 g/mol. The first kappa shape index (κ1) is 20.4. The van der Waals surface area contributed by atoms with E-state index in [1.807, 2.05) is 30.9 Å². The van der Waals surface area contributed by atoms with Gasteiger partial charge in [-0.05, 0) is 56.7 Å². The average molecular weight is 408 g/mol. The van der Waals surface area contributed by atoms with E-state index < -0.39 is 6.10 Å². The number of benzene rings is 1. The summed E-state index contributed by atoms with van der Waals surface area (Å²) in [5.41, 5.74) is 4.85. The van der Waals surface area contributed by atoms with Gasteiger partial charge in [-0.25, -0.2) is 0 Å². The zero-order chi connectivity index (χ0) is 21.3. The van der Waals surface area contributed by atoms with Gasteiger partial charge in [0.2, 0.25) is 0 Å². The van der Waals surface area contributed by atoms with Crippen molar-refractivity contribution in [3.63, 3.8) is 0 Å². The van der Waals surface area contributed by atoms with Gasteiger partial charge < -0.3 is 23.7 Å². The van der Waals surface area contributed by atoms with Crippen molar-refractivity contribution in [1.82, 2.24) is 9.47 Å². The van der Waals surface area contributed by atoms with E-state index in [0.29, 0.717) is 37.5 Å². The van der Waals surface area contributed by atoms with Crippen molar-refractivity contribution in [2.45, 2.75) is 39.3 Å². The molecule has 0 radical (unpaired) electrons. The van der Waals surface area contributed by atoms with Crippen LogP contribution in [0.25, 0.3) is 5.69 Å². The largest absolute Gasteiger partial charge is 0.467 e. The molecule has 0 spiro atoms. The van der Waals surface area contributed by atoms with Crippen LogP contribution in [0, 0.1) is 20.8 Å². The predicted octanol–water partition coefficient (Wildman–Crippen LogP) is 3.96. The zero-order valence-electron chi connectivity index (χ0n) is 17.7. The Bertz CT molecular complexity index is 1020. The minimum atomic E-state index is -0.776. The fraction of sp³-hybridized carbons (Fsp3) is 0.375. The molecule has 1 saturated heterocycles. The molecule has 3 aromatic rings. The number of aryl methyl sites for hydroxylation is 2. The summed E-state index contributed by atoms with van der Waals surface area (Å²) in [6.45, 7) is 7.46.